The summed E-state index contributed by atoms with van der Waals surface area (Å²) in [5, 5.41) is 3.40. The molecule has 1 rings (SSSR count). The second-order valence-electron chi connectivity index (χ2n) is 4.73. The Bertz CT molecular complexity index is 263. The average Bonchev–Trinajstić information content (AvgIpc) is 2.57. The van der Waals surface area contributed by atoms with Gasteiger partial charge in [0.25, 0.3) is 0 Å². The number of carbonyl (C=O) groups excluding carboxylic acids is 1. The van der Waals surface area contributed by atoms with Crippen molar-refractivity contribution < 1.29 is 9.53 Å². The SMILES string of the molecule is C=C(CNC1CCC(C)C1C)C(=O)OCC. The summed E-state index contributed by atoms with van der Waals surface area (Å²) >= 11 is 0. The van der Waals surface area contributed by atoms with Gasteiger partial charge in [0.1, 0.15) is 0 Å². The molecule has 1 saturated carbocycles. The number of esters is 1. The number of rotatable bonds is 5. The lowest BCUT2D eigenvalue weighted by molar-refractivity contribution is -0.138. The zero-order chi connectivity index (χ0) is 12.1. The van der Waals surface area contributed by atoms with E-state index in [0.29, 0.717) is 30.7 Å². The largest absolute Gasteiger partial charge is 0.463 e. The van der Waals surface area contributed by atoms with E-state index in [1.54, 1.807) is 6.92 Å². The maximum Gasteiger partial charge on any atom is 0.334 e. The summed E-state index contributed by atoms with van der Waals surface area (Å²) < 4.78 is 4.89. The molecule has 1 fully saturated rings. The van der Waals surface area contributed by atoms with Crippen LogP contribution in [0.15, 0.2) is 12.2 Å². The van der Waals surface area contributed by atoms with E-state index < -0.39 is 0 Å². The minimum Gasteiger partial charge on any atom is -0.463 e. The molecular formula is C13H23NO2. The predicted molar refractivity (Wildman–Crippen MR) is 65.1 cm³/mol. The Labute approximate surface area is 98.2 Å². The second-order valence-corrected chi connectivity index (χ2v) is 4.73. The van der Waals surface area contributed by atoms with E-state index in [-0.39, 0.29) is 5.97 Å². The van der Waals surface area contributed by atoms with E-state index in [2.05, 4.69) is 25.7 Å². The number of hydrogen-bond acceptors (Lipinski definition) is 3. The first-order chi connectivity index (χ1) is 7.56. The molecule has 3 nitrogen and oxygen atoms in total. The van der Waals surface area contributed by atoms with E-state index >= 15 is 0 Å². The zero-order valence-corrected chi connectivity index (χ0v) is 10.6. The maximum absolute atomic E-state index is 11.3. The molecule has 1 aliphatic rings. The van der Waals surface area contributed by atoms with Gasteiger partial charge in [0.2, 0.25) is 0 Å². The Morgan fingerprint density at radius 1 is 1.44 bits per heavy atom. The van der Waals surface area contributed by atoms with Crippen molar-refractivity contribution in [3.63, 3.8) is 0 Å². The van der Waals surface area contributed by atoms with E-state index in [9.17, 15) is 4.79 Å². The summed E-state index contributed by atoms with van der Waals surface area (Å²) in [5.41, 5.74) is 0.522. The quantitative estimate of drug-likeness (QED) is 0.575. The summed E-state index contributed by atoms with van der Waals surface area (Å²) in [5.74, 6) is 1.16. The van der Waals surface area contributed by atoms with Gasteiger partial charge in [-0.2, -0.15) is 0 Å². The van der Waals surface area contributed by atoms with Crippen molar-refractivity contribution in [3.05, 3.63) is 12.2 Å². The molecule has 0 spiro atoms. The second kappa shape index (κ2) is 6.04. The van der Waals surface area contributed by atoms with Crippen LogP contribution in [0, 0.1) is 11.8 Å². The molecular weight excluding hydrogens is 202 g/mol. The van der Waals surface area contributed by atoms with Crippen LogP contribution in [0.4, 0.5) is 0 Å². The normalized spacial score (nSPS) is 29.1. The molecule has 16 heavy (non-hydrogen) atoms. The molecule has 1 aliphatic carbocycles. The molecule has 0 aromatic carbocycles. The van der Waals surface area contributed by atoms with Crippen molar-refractivity contribution in [2.24, 2.45) is 11.8 Å². The molecule has 0 saturated heterocycles. The van der Waals surface area contributed by atoms with Crippen LogP contribution >= 0.6 is 0 Å². The van der Waals surface area contributed by atoms with Crippen LogP contribution in [0.3, 0.4) is 0 Å². The van der Waals surface area contributed by atoms with Crippen LogP contribution in [0.2, 0.25) is 0 Å². The highest BCUT2D eigenvalue weighted by atomic mass is 16.5. The van der Waals surface area contributed by atoms with E-state index in [0.717, 1.165) is 5.92 Å². The fourth-order valence-electron chi connectivity index (χ4n) is 2.21. The lowest BCUT2D eigenvalue weighted by atomic mass is 9.98. The maximum atomic E-state index is 11.3. The topological polar surface area (TPSA) is 38.3 Å². The molecule has 0 radical (unpaired) electrons. The third-order valence-corrected chi connectivity index (χ3v) is 3.61. The van der Waals surface area contributed by atoms with Crippen molar-refractivity contribution in [1.82, 2.24) is 5.32 Å². The van der Waals surface area contributed by atoms with Crippen LogP contribution in [0.1, 0.15) is 33.6 Å². The highest BCUT2D eigenvalue weighted by Crippen LogP contribution is 2.30. The van der Waals surface area contributed by atoms with Gasteiger partial charge in [0.05, 0.1) is 6.61 Å². The molecule has 0 bridgehead atoms. The minimum absolute atomic E-state index is 0.284. The molecule has 0 amide bonds. The van der Waals surface area contributed by atoms with Crippen LogP contribution in [0.25, 0.3) is 0 Å². The average molecular weight is 225 g/mol. The van der Waals surface area contributed by atoms with Crippen molar-refractivity contribution in [2.75, 3.05) is 13.2 Å². The predicted octanol–water partition coefficient (Wildman–Crippen LogP) is 2.13. The minimum atomic E-state index is -0.284. The molecule has 0 aliphatic heterocycles. The van der Waals surface area contributed by atoms with Crippen molar-refractivity contribution in [1.29, 1.82) is 0 Å². The Morgan fingerprint density at radius 2 is 2.12 bits per heavy atom. The summed E-state index contributed by atoms with van der Waals surface area (Å²) in [6.45, 7) is 11.1. The summed E-state index contributed by atoms with van der Waals surface area (Å²) in [4.78, 5) is 11.3. The van der Waals surface area contributed by atoms with Gasteiger partial charge in [0, 0.05) is 18.2 Å². The van der Waals surface area contributed by atoms with Gasteiger partial charge in [-0.1, -0.05) is 20.4 Å². The number of nitrogens with one attached hydrogen (secondary N) is 1. The summed E-state index contributed by atoms with van der Waals surface area (Å²) in [6, 6.07) is 0.515. The zero-order valence-electron chi connectivity index (χ0n) is 10.6. The Kier molecular flexibility index (Phi) is 5.00. The lowest BCUT2D eigenvalue weighted by Gasteiger charge is -2.19. The fraction of sp³-hybridized carbons (Fsp3) is 0.769. The Morgan fingerprint density at radius 3 is 2.62 bits per heavy atom. The monoisotopic (exact) mass is 225 g/mol. The fourth-order valence-corrected chi connectivity index (χ4v) is 2.21. The third-order valence-electron chi connectivity index (χ3n) is 3.61. The first kappa shape index (κ1) is 13.2. The van der Waals surface area contributed by atoms with Crippen molar-refractivity contribution in [3.8, 4) is 0 Å². The van der Waals surface area contributed by atoms with Gasteiger partial charge in [-0.05, 0) is 31.6 Å². The van der Waals surface area contributed by atoms with Gasteiger partial charge in [-0.3, -0.25) is 0 Å². The molecule has 0 aromatic rings. The van der Waals surface area contributed by atoms with Crippen LogP contribution < -0.4 is 5.32 Å². The van der Waals surface area contributed by atoms with Gasteiger partial charge < -0.3 is 10.1 Å². The summed E-state index contributed by atoms with van der Waals surface area (Å²) in [7, 11) is 0. The Hall–Kier alpha value is -0.830. The van der Waals surface area contributed by atoms with E-state index in [1.807, 2.05) is 0 Å². The molecule has 3 unspecified atom stereocenters. The standard InChI is InChI=1S/C13H23NO2/c1-5-16-13(15)10(3)8-14-12-7-6-9(2)11(12)4/h9,11-12,14H,3,5-8H2,1-2,4H3. The first-order valence-electron chi connectivity index (χ1n) is 6.14. The third kappa shape index (κ3) is 3.34. The molecule has 0 aromatic heterocycles. The highest BCUT2D eigenvalue weighted by molar-refractivity contribution is 5.88. The van der Waals surface area contributed by atoms with Crippen LogP contribution in [0.5, 0.6) is 0 Å². The number of ether oxygens (including phenoxy) is 1. The molecule has 0 heterocycles. The smallest absolute Gasteiger partial charge is 0.334 e. The van der Waals surface area contributed by atoms with Gasteiger partial charge in [-0.25, -0.2) is 4.79 Å². The molecule has 1 N–H and O–H groups in total. The highest BCUT2D eigenvalue weighted by Gasteiger charge is 2.29. The number of hydrogen-bond donors (Lipinski definition) is 1. The first-order valence-corrected chi connectivity index (χ1v) is 6.14. The lowest BCUT2D eigenvalue weighted by Crippen LogP contribution is -2.35. The van der Waals surface area contributed by atoms with Gasteiger partial charge in [0.15, 0.2) is 0 Å². The molecule has 3 heteroatoms. The van der Waals surface area contributed by atoms with Crippen molar-refractivity contribution in [2.45, 2.75) is 39.7 Å². The van der Waals surface area contributed by atoms with Crippen molar-refractivity contribution >= 4 is 5.97 Å². The number of carbonyl (C=O) groups is 1. The molecule has 92 valence electrons. The molecule has 3 atom stereocenters. The van der Waals surface area contributed by atoms with E-state index in [1.165, 1.54) is 12.8 Å². The summed E-state index contributed by atoms with van der Waals surface area (Å²) in [6.07, 6.45) is 2.46. The van der Waals surface area contributed by atoms with Crippen LogP contribution in [-0.4, -0.2) is 25.2 Å². The Balaban J connectivity index is 2.29. The van der Waals surface area contributed by atoms with Gasteiger partial charge >= 0.3 is 5.97 Å². The van der Waals surface area contributed by atoms with Gasteiger partial charge in [-0.15, -0.1) is 0 Å². The van der Waals surface area contributed by atoms with E-state index in [4.69, 9.17) is 4.74 Å². The van der Waals surface area contributed by atoms with Crippen LogP contribution in [-0.2, 0) is 9.53 Å².